The summed E-state index contributed by atoms with van der Waals surface area (Å²) in [4.78, 5) is 11.8. The number of carbonyl (C=O) groups excluding carboxylic acids is 1. The van der Waals surface area contributed by atoms with Crippen LogP contribution in [0, 0.1) is 0 Å². The molecule has 1 unspecified atom stereocenters. The molecule has 1 amide bonds. The third-order valence-corrected chi connectivity index (χ3v) is 2.57. The van der Waals surface area contributed by atoms with Crippen LogP contribution in [0.2, 0.25) is 0 Å². The molecule has 7 nitrogen and oxygen atoms in total. The van der Waals surface area contributed by atoms with Gasteiger partial charge >= 0.3 is 0 Å². The summed E-state index contributed by atoms with van der Waals surface area (Å²) in [5.74, 6) is -0.213. The molecule has 0 radical (unpaired) electrons. The van der Waals surface area contributed by atoms with Crippen molar-refractivity contribution in [2.45, 2.75) is 12.6 Å². The summed E-state index contributed by atoms with van der Waals surface area (Å²) in [5, 5.41) is 10.8. The van der Waals surface area contributed by atoms with E-state index < -0.39 is 6.04 Å². The molecule has 1 atom stereocenters. The van der Waals surface area contributed by atoms with Crippen LogP contribution in [0.15, 0.2) is 30.9 Å². The summed E-state index contributed by atoms with van der Waals surface area (Å²) >= 11 is 0. The van der Waals surface area contributed by atoms with Crippen molar-refractivity contribution >= 4 is 5.91 Å². The van der Waals surface area contributed by atoms with Gasteiger partial charge in [-0.1, -0.05) is 0 Å². The monoisotopic (exact) mass is 248 g/mol. The van der Waals surface area contributed by atoms with Crippen molar-refractivity contribution in [1.82, 2.24) is 24.9 Å². The first-order chi connectivity index (χ1) is 8.66. The van der Waals surface area contributed by atoms with Gasteiger partial charge in [-0.15, -0.1) is 0 Å². The lowest BCUT2D eigenvalue weighted by Crippen LogP contribution is -2.35. The number of aryl methyl sites for hydroxylation is 1. The number of nitrogens with zero attached hydrogens (tertiary/aromatic N) is 4. The predicted molar refractivity (Wildman–Crippen MR) is 65.4 cm³/mol. The van der Waals surface area contributed by atoms with Gasteiger partial charge in [-0.05, 0) is 6.07 Å². The van der Waals surface area contributed by atoms with Crippen LogP contribution < -0.4 is 11.1 Å². The lowest BCUT2D eigenvalue weighted by Gasteiger charge is -2.10. The second-order valence-corrected chi connectivity index (χ2v) is 3.99. The van der Waals surface area contributed by atoms with E-state index >= 15 is 0 Å². The average molecular weight is 248 g/mol. The van der Waals surface area contributed by atoms with Crippen LogP contribution in [0.4, 0.5) is 0 Å². The maximum absolute atomic E-state index is 11.8. The fourth-order valence-corrected chi connectivity index (χ4v) is 1.59. The Morgan fingerprint density at radius 1 is 1.56 bits per heavy atom. The van der Waals surface area contributed by atoms with Crippen LogP contribution in [0.25, 0.3) is 0 Å². The largest absolute Gasteiger partial charge is 0.353 e. The number of carbonyl (C=O) groups is 1. The van der Waals surface area contributed by atoms with Crippen LogP contribution >= 0.6 is 0 Å². The lowest BCUT2D eigenvalue weighted by atomic mass is 10.1. The Labute approximate surface area is 105 Å². The molecule has 2 heterocycles. The molecule has 96 valence electrons. The molecule has 0 saturated heterocycles. The number of nitrogens with one attached hydrogen (secondary N) is 1. The molecule has 0 saturated carbocycles. The summed E-state index contributed by atoms with van der Waals surface area (Å²) in [5.41, 5.74) is 6.53. The molecule has 3 N–H and O–H groups in total. The molecule has 0 aromatic carbocycles. The second-order valence-electron chi connectivity index (χ2n) is 3.99. The van der Waals surface area contributed by atoms with Gasteiger partial charge in [0.25, 0.3) is 0 Å². The van der Waals surface area contributed by atoms with Gasteiger partial charge in [0.1, 0.15) is 6.04 Å². The maximum Gasteiger partial charge on any atom is 0.241 e. The topological polar surface area (TPSA) is 90.8 Å². The third-order valence-electron chi connectivity index (χ3n) is 2.57. The van der Waals surface area contributed by atoms with Crippen LogP contribution in [0.5, 0.6) is 0 Å². The molecule has 2 aromatic heterocycles. The van der Waals surface area contributed by atoms with Crippen molar-refractivity contribution in [1.29, 1.82) is 0 Å². The smallest absolute Gasteiger partial charge is 0.241 e. The summed E-state index contributed by atoms with van der Waals surface area (Å²) < 4.78 is 3.36. The first kappa shape index (κ1) is 12.3. The van der Waals surface area contributed by atoms with Crippen LogP contribution in [0.3, 0.4) is 0 Å². The Bertz CT molecular complexity index is 503. The van der Waals surface area contributed by atoms with E-state index in [2.05, 4.69) is 15.5 Å². The lowest BCUT2D eigenvalue weighted by molar-refractivity contribution is -0.122. The molecule has 0 spiro atoms. The van der Waals surface area contributed by atoms with Gasteiger partial charge in [-0.25, -0.2) is 0 Å². The SMILES string of the molecule is Cn1cc(C(N)C(=O)NCCn2cccn2)cn1. The fraction of sp³-hybridized carbons (Fsp3) is 0.364. The Morgan fingerprint density at radius 2 is 2.39 bits per heavy atom. The minimum Gasteiger partial charge on any atom is -0.353 e. The van der Waals surface area contributed by atoms with E-state index in [4.69, 9.17) is 5.73 Å². The van der Waals surface area contributed by atoms with E-state index in [0.29, 0.717) is 18.7 Å². The zero-order valence-corrected chi connectivity index (χ0v) is 10.2. The summed E-state index contributed by atoms with van der Waals surface area (Å²) in [6.07, 6.45) is 6.87. The number of aromatic nitrogens is 4. The van der Waals surface area contributed by atoms with Crippen molar-refractivity contribution in [2.24, 2.45) is 12.8 Å². The highest BCUT2D eigenvalue weighted by Gasteiger charge is 2.16. The number of nitrogens with two attached hydrogens (primary N) is 1. The quantitative estimate of drug-likeness (QED) is 0.741. The van der Waals surface area contributed by atoms with Gasteiger partial charge in [0.2, 0.25) is 5.91 Å². The molecule has 0 aliphatic heterocycles. The molecule has 7 heteroatoms. The van der Waals surface area contributed by atoms with Crippen LogP contribution in [-0.4, -0.2) is 32.0 Å². The van der Waals surface area contributed by atoms with Crippen LogP contribution in [0.1, 0.15) is 11.6 Å². The van der Waals surface area contributed by atoms with Gasteiger partial charge in [0.05, 0.1) is 12.7 Å². The van der Waals surface area contributed by atoms with E-state index in [1.165, 1.54) is 0 Å². The normalized spacial score (nSPS) is 12.3. The number of rotatable bonds is 5. The van der Waals surface area contributed by atoms with Crippen molar-refractivity contribution in [2.75, 3.05) is 6.54 Å². The minimum atomic E-state index is -0.684. The molecule has 0 aliphatic carbocycles. The van der Waals surface area contributed by atoms with Crippen molar-refractivity contribution in [3.63, 3.8) is 0 Å². The molecule has 2 aromatic rings. The molecular formula is C11H16N6O. The zero-order chi connectivity index (χ0) is 13.0. The average Bonchev–Trinajstić information content (AvgIpc) is 2.99. The first-order valence-electron chi connectivity index (χ1n) is 5.66. The van der Waals surface area contributed by atoms with Gasteiger partial charge in [-0.2, -0.15) is 10.2 Å². The van der Waals surface area contributed by atoms with Gasteiger partial charge in [0.15, 0.2) is 0 Å². The standard InChI is InChI=1S/C11H16N6O/c1-16-8-9(7-15-16)10(12)11(18)13-4-6-17-5-2-3-14-17/h2-3,5,7-8,10H,4,6,12H2,1H3,(H,13,18). The van der Waals surface area contributed by atoms with E-state index in [0.717, 1.165) is 0 Å². The van der Waals surface area contributed by atoms with Crippen molar-refractivity contribution < 1.29 is 4.79 Å². The summed E-state index contributed by atoms with van der Waals surface area (Å²) in [7, 11) is 1.78. The highest BCUT2D eigenvalue weighted by Crippen LogP contribution is 2.07. The predicted octanol–water partition coefficient (Wildman–Crippen LogP) is -0.567. The number of amides is 1. The second kappa shape index (κ2) is 5.46. The van der Waals surface area contributed by atoms with E-state index in [-0.39, 0.29) is 5.91 Å². The maximum atomic E-state index is 11.8. The van der Waals surface area contributed by atoms with Gasteiger partial charge in [0, 0.05) is 37.7 Å². The first-order valence-corrected chi connectivity index (χ1v) is 5.66. The Hall–Kier alpha value is -2.15. The van der Waals surface area contributed by atoms with E-state index in [1.54, 1.807) is 35.0 Å². The Morgan fingerprint density at radius 3 is 3.00 bits per heavy atom. The summed E-state index contributed by atoms with van der Waals surface area (Å²) in [6.45, 7) is 1.12. The molecule has 0 fully saturated rings. The Balaban J connectivity index is 1.81. The molecule has 2 rings (SSSR count). The highest BCUT2D eigenvalue weighted by atomic mass is 16.2. The fourth-order valence-electron chi connectivity index (χ4n) is 1.59. The molecule has 0 aliphatic rings. The third kappa shape index (κ3) is 2.95. The van der Waals surface area contributed by atoms with Crippen LogP contribution in [-0.2, 0) is 18.4 Å². The van der Waals surface area contributed by atoms with Crippen molar-refractivity contribution in [3.05, 3.63) is 36.4 Å². The summed E-state index contributed by atoms with van der Waals surface area (Å²) in [6, 6.07) is 1.15. The van der Waals surface area contributed by atoms with Crippen molar-refractivity contribution in [3.8, 4) is 0 Å². The molecule has 18 heavy (non-hydrogen) atoms. The van der Waals surface area contributed by atoms with Gasteiger partial charge in [-0.3, -0.25) is 14.2 Å². The Kier molecular flexibility index (Phi) is 3.73. The minimum absolute atomic E-state index is 0.213. The number of hydrogen-bond donors (Lipinski definition) is 2. The van der Waals surface area contributed by atoms with Gasteiger partial charge < -0.3 is 11.1 Å². The van der Waals surface area contributed by atoms with E-state index in [1.807, 2.05) is 12.3 Å². The number of hydrogen-bond acceptors (Lipinski definition) is 4. The molecule has 0 bridgehead atoms. The highest BCUT2D eigenvalue weighted by molar-refractivity contribution is 5.82. The molecular weight excluding hydrogens is 232 g/mol. The van der Waals surface area contributed by atoms with E-state index in [9.17, 15) is 4.79 Å². The zero-order valence-electron chi connectivity index (χ0n) is 10.2.